The summed E-state index contributed by atoms with van der Waals surface area (Å²) in [5.74, 6) is 0. The molecule has 0 saturated carbocycles. The maximum atomic E-state index is 2.50. The molecule has 0 amide bonds. The molecule has 0 saturated heterocycles. The van der Waals surface area contributed by atoms with E-state index in [1.165, 1.54) is 94.5 Å². The fourth-order valence-electron chi connectivity index (χ4n) is 9.06. The topological polar surface area (TPSA) is 0 Å². The molecule has 55 heavy (non-hydrogen) atoms. The second-order valence-electron chi connectivity index (χ2n) is 14.3. The number of allylic oxidation sites excluding steroid dienone is 2. The van der Waals surface area contributed by atoms with Crippen molar-refractivity contribution >= 4 is 104 Å². The van der Waals surface area contributed by atoms with Gasteiger partial charge in [0.2, 0.25) is 0 Å². The molecule has 0 N–H and O–H groups in total. The summed E-state index contributed by atoms with van der Waals surface area (Å²) in [5.41, 5.74) is 5.20. The lowest BCUT2D eigenvalue weighted by Crippen LogP contribution is -2.59. The van der Waals surface area contributed by atoms with Crippen molar-refractivity contribution in [1.82, 2.24) is 0 Å². The molecule has 0 fully saturated rings. The van der Waals surface area contributed by atoms with Crippen molar-refractivity contribution in [3.05, 3.63) is 227 Å². The minimum absolute atomic E-state index is 1.25. The van der Waals surface area contributed by atoms with Crippen molar-refractivity contribution in [2.24, 2.45) is 0 Å². The molecule has 2 aromatic heterocycles. The van der Waals surface area contributed by atoms with Crippen molar-refractivity contribution in [2.45, 2.75) is 0 Å². The molecular formula is C52H34S2Si. The van der Waals surface area contributed by atoms with Crippen LogP contribution in [0.4, 0.5) is 0 Å². The molecule has 0 unspecified atom stereocenters. The number of hydrogen-bond acceptors (Lipinski definition) is 2. The molecule has 3 heterocycles. The zero-order chi connectivity index (χ0) is 36.3. The van der Waals surface area contributed by atoms with Gasteiger partial charge in [0, 0.05) is 19.2 Å². The summed E-state index contributed by atoms with van der Waals surface area (Å²) in [4.78, 5) is 2.69. The highest BCUT2D eigenvalue weighted by atomic mass is 32.1. The number of fused-ring (bicyclic) bond motifs is 6. The Hall–Kier alpha value is -6.10. The van der Waals surface area contributed by atoms with E-state index in [0.29, 0.717) is 0 Å². The van der Waals surface area contributed by atoms with E-state index in [1.807, 2.05) is 22.7 Å². The number of rotatable bonds is 6. The summed E-state index contributed by atoms with van der Waals surface area (Å²) in [6.45, 7) is 0. The molecular weight excluding hydrogens is 717 g/mol. The number of benzene rings is 8. The van der Waals surface area contributed by atoms with Crippen LogP contribution in [0, 0.1) is 0 Å². The smallest absolute Gasteiger partial charge is 0.135 e. The van der Waals surface area contributed by atoms with Crippen LogP contribution in [0.3, 0.4) is 0 Å². The van der Waals surface area contributed by atoms with Gasteiger partial charge in [-0.05, 0) is 87.5 Å². The van der Waals surface area contributed by atoms with Crippen LogP contribution in [0.1, 0.15) is 20.9 Å². The lowest BCUT2D eigenvalue weighted by molar-refractivity contribution is 1.60. The van der Waals surface area contributed by atoms with Gasteiger partial charge >= 0.3 is 0 Å². The Morgan fingerprint density at radius 1 is 0.309 bits per heavy atom. The maximum absolute atomic E-state index is 3.10. The van der Waals surface area contributed by atoms with E-state index in [4.69, 9.17) is 0 Å². The summed E-state index contributed by atoms with van der Waals surface area (Å²) in [6.07, 6.45) is 0. The molecule has 8 aromatic carbocycles. The number of thiophene rings is 2. The molecule has 0 nitrogen and oxygen atoms in total. The van der Waals surface area contributed by atoms with Crippen molar-refractivity contribution in [1.29, 1.82) is 0 Å². The van der Waals surface area contributed by atoms with Crippen LogP contribution in [-0.2, 0) is 0 Å². The SMILES string of the molecule is c1ccc(C2=C(c3cc4ccc5ccccc5c4s3)[Si](c3ccccc3)(c3ccccc3)C(c3cc4ccc5ccccc5c4s3)=C2c2ccccc2)cc1. The molecule has 0 atom stereocenters. The molecule has 0 aliphatic carbocycles. The van der Waals surface area contributed by atoms with Crippen molar-refractivity contribution in [2.75, 3.05) is 0 Å². The van der Waals surface area contributed by atoms with E-state index < -0.39 is 8.07 Å². The monoisotopic (exact) mass is 750 g/mol. The van der Waals surface area contributed by atoms with Crippen LogP contribution in [0.2, 0.25) is 0 Å². The predicted octanol–water partition coefficient (Wildman–Crippen LogP) is 13.3. The van der Waals surface area contributed by atoms with Crippen LogP contribution in [0.5, 0.6) is 0 Å². The Morgan fingerprint density at radius 3 is 1.07 bits per heavy atom. The Labute approximate surface area is 329 Å². The van der Waals surface area contributed by atoms with Gasteiger partial charge in [0.1, 0.15) is 0 Å². The fourth-order valence-corrected chi connectivity index (χ4v) is 17.9. The summed E-state index contributed by atoms with van der Waals surface area (Å²) >= 11 is 3.94. The molecule has 0 radical (unpaired) electrons. The second kappa shape index (κ2) is 13.0. The van der Waals surface area contributed by atoms with Crippen LogP contribution in [0.15, 0.2) is 206 Å². The van der Waals surface area contributed by atoms with Crippen molar-refractivity contribution in [3.8, 4) is 0 Å². The third-order valence-electron chi connectivity index (χ3n) is 11.3. The standard InChI is InChI=1S/C52H34S2Si/c1-5-19-37(20-6-1)47-48(38-21-7-2-8-22-38)52(46-34-40-32-30-36-18-14-16-28-44(36)50(40)54-46)55(41-23-9-3-10-24-41,42-25-11-4-12-26-42)51(47)45-33-39-31-29-35-17-13-15-27-43(35)49(39)53-45/h1-34H. The first-order valence-electron chi connectivity index (χ1n) is 18.8. The highest BCUT2D eigenvalue weighted by Crippen LogP contribution is 2.58. The zero-order valence-electron chi connectivity index (χ0n) is 29.9. The molecule has 11 rings (SSSR count). The van der Waals surface area contributed by atoms with Gasteiger partial charge in [-0.3, -0.25) is 0 Å². The highest BCUT2D eigenvalue weighted by molar-refractivity contribution is 7.35. The Balaban J connectivity index is 1.37. The number of hydrogen-bond donors (Lipinski definition) is 0. The molecule has 10 aromatic rings. The van der Waals surface area contributed by atoms with Gasteiger partial charge in [0.25, 0.3) is 0 Å². The van der Waals surface area contributed by atoms with E-state index in [-0.39, 0.29) is 0 Å². The van der Waals surface area contributed by atoms with Gasteiger partial charge in [0.05, 0.1) is 0 Å². The average Bonchev–Trinajstić information content (AvgIpc) is 3.98. The second-order valence-corrected chi connectivity index (χ2v) is 20.1. The lowest BCUT2D eigenvalue weighted by Gasteiger charge is -2.35. The average molecular weight is 751 g/mol. The summed E-state index contributed by atoms with van der Waals surface area (Å²) in [5, 5.41) is 13.5. The van der Waals surface area contributed by atoms with E-state index in [2.05, 4.69) is 206 Å². The molecule has 1 aliphatic rings. The maximum Gasteiger partial charge on any atom is 0.183 e. The van der Waals surface area contributed by atoms with Crippen LogP contribution >= 0.6 is 22.7 Å². The van der Waals surface area contributed by atoms with Gasteiger partial charge < -0.3 is 0 Å². The minimum atomic E-state index is -3.10. The first-order valence-corrected chi connectivity index (χ1v) is 22.5. The van der Waals surface area contributed by atoms with E-state index >= 15 is 0 Å². The Kier molecular flexibility index (Phi) is 7.66. The fraction of sp³-hybridized carbons (Fsp3) is 0. The van der Waals surface area contributed by atoms with Crippen molar-refractivity contribution in [3.63, 3.8) is 0 Å². The summed E-state index contributed by atoms with van der Waals surface area (Å²) in [6, 6.07) is 77.4. The van der Waals surface area contributed by atoms with E-state index in [0.717, 1.165) is 0 Å². The first kappa shape index (κ1) is 32.3. The minimum Gasteiger partial charge on any atom is -0.135 e. The van der Waals surface area contributed by atoms with Crippen LogP contribution in [0.25, 0.3) is 63.3 Å². The molecule has 3 heteroatoms. The van der Waals surface area contributed by atoms with Gasteiger partial charge in [-0.2, -0.15) is 0 Å². The largest absolute Gasteiger partial charge is 0.183 e. The quantitative estimate of drug-likeness (QED) is 0.149. The third kappa shape index (κ3) is 5.01. The third-order valence-corrected chi connectivity index (χ3v) is 19.1. The summed E-state index contributed by atoms with van der Waals surface area (Å²) in [7, 11) is -3.10. The Morgan fingerprint density at radius 2 is 0.655 bits per heavy atom. The van der Waals surface area contributed by atoms with Crippen LogP contribution in [-0.4, -0.2) is 8.07 Å². The predicted molar refractivity (Wildman–Crippen MR) is 243 cm³/mol. The van der Waals surface area contributed by atoms with Gasteiger partial charge in [-0.1, -0.05) is 194 Å². The molecule has 258 valence electrons. The van der Waals surface area contributed by atoms with Gasteiger partial charge in [-0.25, -0.2) is 0 Å². The molecule has 0 bridgehead atoms. The highest BCUT2D eigenvalue weighted by Gasteiger charge is 2.54. The van der Waals surface area contributed by atoms with Gasteiger partial charge in [-0.15, -0.1) is 22.7 Å². The van der Waals surface area contributed by atoms with E-state index in [9.17, 15) is 0 Å². The van der Waals surface area contributed by atoms with Gasteiger partial charge in [0.15, 0.2) is 8.07 Å². The zero-order valence-corrected chi connectivity index (χ0v) is 32.6. The summed E-state index contributed by atoms with van der Waals surface area (Å²) < 4.78 is 2.69. The molecule has 1 aliphatic heterocycles. The normalized spacial score (nSPS) is 14.2. The lowest BCUT2D eigenvalue weighted by atomic mass is 9.91. The van der Waals surface area contributed by atoms with Crippen molar-refractivity contribution < 1.29 is 0 Å². The van der Waals surface area contributed by atoms with Crippen LogP contribution < -0.4 is 10.4 Å². The van der Waals surface area contributed by atoms with E-state index in [1.54, 1.807) is 0 Å². The molecule has 0 spiro atoms. The Bertz CT molecular complexity index is 2900. The first-order chi connectivity index (χ1) is 27.3.